The predicted molar refractivity (Wildman–Crippen MR) is 86.8 cm³/mol. The minimum absolute atomic E-state index is 0.482. The maximum absolute atomic E-state index is 4.60. The third kappa shape index (κ3) is 2.84. The summed E-state index contributed by atoms with van der Waals surface area (Å²) in [7, 11) is 0. The van der Waals surface area contributed by atoms with E-state index < -0.39 is 0 Å². The molecular weight excluding hydrogens is 290 g/mol. The molecule has 23 heavy (non-hydrogen) atoms. The highest BCUT2D eigenvalue weighted by molar-refractivity contribution is 5.69. The zero-order valence-corrected chi connectivity index (χ0v) is 13.5. The molecular formula is C16H21N7. The van der Waals surface area contributed by atoms with Crippen molar-refractivity contribution in [3.8, 4) is 0 Å². The van der Waals surface area contributed by atoms with Crippen molar-refractivity contribution in [1.29, 1.82) is 0 Å². The van der Waals surface area contributed by atoms with E-state index in [1.807, 2.05) is 30.7 Å². The first-order valence-corrected chi connectivity index (χ1v) is 8.11. The first kappa shape index (κ1) is 14.3. The Balaban J connectivity index is 1.50. The Morgan fingerprint density at radius 1 is 1.30 bits per heavy atom. The van der Waals surface area contributed by atoms with Gasteiger partial charge in [0.15, 0.2) is 5.65 Å². The van der Waals surface area contributed by atoms with Crippen LogP contribution in [-0.2, 0) is 13.1 Å². The summed E-state index contributed by atoms with van der Waals surface area (Å²) in [5, 5.41) is 4.50. The second-order valence-corrected chi connectivity index (χ2v) is 6.21. The average molecular weight is 311 g/mol. The zero-order chi connectivity index (χ0) is 15.8. The Morgan fingerprint density at radius 3 is 3.00 bits per heavy atom. The van der Waals surface area contributed by atoms with Crippen molar-refractivity contribution in [2.24, 2.45) is 0 Å². The smallest absolute Gasteiger partial charge is 0.177 e. The van der Waals surface area contributed by atoms with E-state index in [4.69, 9.17) is 0 Å². The van der Waals surface area contributed by atoms with Gasteiger partial charge < -0.3 is 4.98 Å². The summed E-state index contributed by atoms with van der Waals surface area (Å²) in [6, 6.07) is 4.43. The molecule has 0 bridgehead atoms. The van der Waals surface area contributed by atoms with Crippen molar-refractivity contribution in [1.82, 2.24) is 34.6 Å². The Morgan fingerprint density at radius 2 is 2.22 bits per heavy atom. The first-order valence-electron chi connectivity index (χ1n) is 8.11. The number of aromatic amines is 1. The Hall–Kier alpha value is -2.28. The maximum Gasteiger partial charge on any atom is 0.177 e. The lowest BCUT2D eigenvalue weighted by Gasteiger charge is -2.23. The van der Waals surface area contributed by atoms with Gasteiger partial charge in [-0.05, 0) is 45.4 Å². The topological polar surface area (TPSA) is 75.5 Å². The van der Waals surface area contributed by atoms with Crippen LogP contribution < -0.4 is 0 Å². The summed E-state index contributed by atoms with van der Waals surface area (Å²) in [5.41, 5.74) is 1.79. The lowest BCUT2D eigenvalue weighted by Crippen LogP contribution is -2.33. The predicted octanol–water partition coefficient (Wildman–Crippen LogP) is 1.83. The highest BCUT2D eigenvalue weighted by Crippen LogP contribution is 2.21. The van der Waals surface area contributed by atoms with E-state index in [1.165, 1.54) is 12.8 Å². The Labute approximate surface area is 134 Å². The number of H-pyrrole nitrogens is 1. The fourth-order valence-corrected chi connectivity index (χ4v) is 3.41. The van der Waals surface area contributed by atoms with Crippen molar-refractivity contribution < 1.29 is 0 Å². The van der Waals surface area contributed by atoms with Crippen LogP contribution in [0.5, 0.6) is 0 Å². The monoisotopic (exact) mass is 311 g/mol. The van der Waals surface area contributed by atoms with Crippen LogP contribution in [0.1, 0.15) is 30.3 Å². The summed E-state index contributed by atoms with van der Waals surface area (Å²) < 4.78 is 2.03. The van der Waals surface area contributed by atoms with E-state index in [-0.39, 0.29) is 0 Å². The van der Waals surface area contributed by atoms with E-state index in [1.54, 1.807) is 6.20 Å². The van der Waals surface area contributed by atoms with Gasteiger partial charge in [-0.3, -0.25) is 4.90 Å². The number of nitrogens with one attached hydrogen (secondary N) is 1. The first-order chi connectivity index (χ1) is 11.2. The summed E-state index contributed by atoms with van der Waals surface area (Å²) >= 11 is 0. The number of nitrogens with zero attached hydrogens (tertiary/aromatic N) is 6. The van der Waals surface area contributed by atoms with Crippen LogP contribution in [0.3, 0.4) is 0 Å². The Kier molecular flexibility index (Phi) is 3.57. The number of rotatable bonds is 4. The van der Waals surface area contributed by atoms with Crippen molar-refractivity contribution in [2.75, 3.05) is 6.54 Å². The highest BCUT2D eigenvalue weighted by atomic mass is 15.4. The highest BCUT2D eigenvalue weighted by Gasteiger charge is 2.26. The van der Waals surface area contributed by atoms with Gasteiger partial charge in [0.05, 0.1) is 18.6 Å². The number of imidazole rings is 1. The second-order valence-electron chi connectivity index (χ2n) is 6.21. The number of hydrogen-bond acceptors (Lipinski definition) is 5. The van der Waals surface area contributed by atoms with Gasteiger partial charge in [0.2, 0.25) is 0 Å². The van der Waals surface area contributed by atoms with Crippen LogP contribution in [0.2, 0.25) is 0 Å². The van der Waals surface area contributed by atoms with Crippen LogP contribution in [0.4, 0.5) is 0 Å². The quantitative estimate of drug-likeness (QED) is 0.795. The molecule has 1 aliphatic rings. The molecule has 1 N–H and O–H groups in total. The molecule has 3 aromatic heterocycles. The van der Waals surface area contributed by atoms with E-state index in [2.05, 4.69) is 29.9 Å². The van der Waals surface area contributed by atoms with E-state index in [0.29, 0.717) is 6.04 Å². The van der Waals surface area contributed by atoms with Crippen LogP contribution in [0, 0.1) is 13.8 Å². The minimum Gasteiger partial charge on any atom is -0.340 e. The van der Waals surface area contributed by atoms with Crippen LogP contribution in [-0.4, -0.2) is 47.2 Å². The number of aryl methyl sites for hydroxylation is 2. The van der Waals surface area contributed by atoms with Crippen LogP contribution >= 0.6 is 0 Å². The summed E-state index contributed by atoms with van der Waals surface area (Å²) in [6.07, 6.45) is 4.19. The van der Waals surface area contributed by atoms with Crippen LogP contribution in [0.25, 0.3) is 11.2 Å². The fourth-order valence-electron chi connectivity index (χ4n) is 3.41. The molecule has 120 valence electrons. The molecule has 0 aliphatic carbocycles. The number of hydrogen-bond donors (Lipinski definition) is 1. The lowest BCUT2D eigenvalue weighted by atomic mass is 10.2. The molecule has 7 nitrogen and oxygen atoms in total. The third-order valence-corrected chi connectivity index (χ3v) is 4.50. The molecule has 1 fully saturated rings. The summed E-state index contributed by atoms with van der Waals surface area (Å²) in [5.74, 6) is 2.81. The number of pyridine rings is 1. The van der Waals surface area contributed by atoms with Crippen molar-refractivity contribution in [3.63, 3.8) is 0 Å². The third-order valence-electron chi connectivity index (χ3n) is 4.50. The number of fused-ring (bicyclic) bond motifs is 1. The lowest BCUT2D eigenvalue weighted by molar-refractivity contribution is 0.213. The molecule has 4 heterocycles. The molecule has 1 atom stereocenters. The average Bonchev–Trinajstić information content (AvgIpc) is 3.20. The molecule has 0 spiro atoms. The Bertz CT molecular complexity index is 786. The van der Waals surface area contributed by atoms with Gasteiger partial charge in [0, 0.05) is 12.2 Å². The molecule has 0 aromatic carbocycles. The molecule has 1 aliphatic heterocycles. The normalized spacial score (nSPS) is 19.0. The van der Waals surface area contributed by atoms with E-state index in [0.717, 1.165) is 48.3 Å². The van der Waals surface area contributed by atoms with Gasteiger partial charge in [-0.25, -0.2) is 19.6 Å². The van der Waals surface area contributed by atoms with Gasteiger partial charge in [-0.2, -0.15) is 5.10 Å². The zero-order valence-electron chi connectivity index (χ0n) is 13.5. The van der Waals surface area contributed by atoms with Crippen molar-refractivity contribution in [3.05, 3.63) is 35.8 Å². The standard InChI is InChI=1S/C16H21N7/c1-11-18-12(2)23(21-11)9-13-5-4-8-22(13)10-15-19-14-6-3-7-17-16(14)20-15/h3,6-7,13H,4-5,8-10H2,1-2H3,(H,17,19,20)/t13-/m1/s1. The van der Waals surface area contributed by atoms with Gasteiger partial charge in [-0.15, -0.1) is 0 Å². The molecule has 7 heteroatoms. The number of likely N-dealkylation sites (tertiary alicyclic amines) is 1. The summed E-state index contributed by atoms with van der Waals surface area (Å²) in [4.78, 5) is 19.1. The summed E-state index contributed by atoms with van der Waals surface area (Å²) in [6.45, 7) is 6.78. The van der Waals surface area contributed by atoms with Crippen molar-refractivity contribution in [2.45, 2.75) is 45.8 Å². The molecule has 0 unspecified atom stereocenters. The molecule has 0 radical (unpaired) electrons. The van der Waals surface area contributed by atoms with E-state index in [9.17, 15) is 0 Å². The van der Waals surface area contributed by atoms with Gasteiger partial charge >= 0.3 is 0 Å². The minimum atomic E-state index is 0.482. The molecule has 3 aromatic rings. The second kappa shape index (κ2) is 5.73. The SMILES string of the molecule is Cc1nc(C)n(C[C@H]2CCCN2Cc2nc3ncccc3[nH]2)n1. The fraction of sp³-hybridized carbons (Fsp3) is 0.500. The van der Waals surface area contributed by atoms with E-state index >= 15 is 0 Å². The molecule has 0 amide bonds. The molecule has 0 saturated carbocycles. The van der Waals surface area contributed by atoms with Crippen molar-refractivity contribution >= 4 is 11.2 Å². The number of aromatic nitrogens is 6. The molecule has 1 saturated heterocycles. The van der Waals surface area contributed by atoms with Gasteiger partial charge in [-0.1, -0.05) is 0 Å². The van der Waals surface area contributed by atoms with Gasteiger partial charge in [0.1, 0.15) is 17.5 Å². The maximum atomic E-state index is 4.60. The van der Waals surface area contributed by atoms with Gasteiger partial charge in [0.25, 0.3) is 0 Å². The van der Waals surface area contributed by atoms with Crippen LogP contribution in [0.15, 0.2) is 18.3 Å². The molecule has 4 rings (SSSR count). The largest absolute Gasteiger partial charge is 0.340 e.